The minimum atomic E-state index is -0.420. The zero-order chi connectivity index (χ0) is 17.5. The lowest BCUT2D eigenvalue weighted by atomic mass is 9.96. The van der Waals surface area contributed by atoms with E-state index < -0.39 is 5.54 Å². The number of nitrogens with two attached hydrogens (primary N) is 1. The number of aromatic nitrogens is 3. The third kappa shape index (κ3) is 3.16. The Balaban J connectivity index is 1.91. The highest BCUT2D eigenvalue weighted by Gasteiger charge is 2.42. The maximum Gasteiger partial charge on any atom is 0.271 e. The number of carbonyl (C=O) groups excluding carboxylic acids is 1. The van der Waals surface area contributed by atoms with Gasteiger partial charge in [-0.1, -0.05) is 11.6 Å². The molecule has 0 radical (unpaired) electrons. The highest BCUT2D eigenvalue weighted by atomic mass is 35.5. The van der Waals surface area contributed by atoms with Crippen LogP contribution in [0.2, 0.25) is 5.02 Å². The number of hydrogen-bond acceptors (Lipinski definition) is 4. The fourth-order valence-electron chi connectivity index (χ4n) is 2.93. The first kappa shape index (κ1) is 16.9. The van der Waals surface area contributed by atoms with Crippen molar-refractivity contribution in [1.82, 2.24) is 20.1 Å². The Morgan fingerprint density at radius 1 is 1.46 bits per heavy atom. The van der Waals surface area contributed by atoms with E-state index in [1.807, 2.05) is 26.8 Å². The molecular formula is C17H22ClN5O. The van der Waals surface area contributed by atoms with Crippen LogP contribution >= 0.6 is 11.6 Å². The summed E-state index contributed by atoms with van der Waals surface area (Å²) < 4.78 is 1.70. The standard InChI is InChI=1S/C17H22ClN5O/c1-10-8-11(2)23(22-10)14-7-6-13(18)15(20-14)16(24)21-17(3,9-19)12-4-5-12/h6-8,12H,4-5,9,19H2,1-3H3,(H,21,24). The average molecular weight is 348 g/mol. The second-order valence-electron chi connectivity index (χ2n) is 6.69. The number of nitrogens with zero attached hydrogens (tertiary/aromatic N) is 3. The van der Waals surface area contributed by atoms with Gasteiger partial charge in [-0.15, -0.1) is 0 Å². The predicted octanol–water partition coefficient (Wildman–Crippen LogP) is 2.39. The molecular weight excluding hydrogens is 326 g/mol. The van der Waals surface area contributed by atoms with Gasteiger partial charge in [-0.25, -0.2) is 9.67 Å². The Morgan fingerprint density at radius 2 is 2.17 bits per heavy atom. The van der Waals surface area contributed by atoms with Gasteiger partial charge in [-0.2, -0.15) is 5.10 Å². The number of rotatable bonds is 5. The van der Waals surface area contributed by atoms with Crippen molar-refractivity contribution in [2.24, 2.45) is 11.7 Å². The van der Waals surface area contributed by atoms with Gasteiger partial charge in [0.15, 0.2) is 5.82 Å². The molecule has 1 amide bonds. The number of pyridine rings is 1. The molecule has 2 aromatic heterocycles. The van der Waals surface area contributed by atoms with Crippen molar-refractivity contribution in [3.63, 3.8) is 0 Å². The second-order valence-corrected chi connectivity index (χ2v) is 7.10. The lowest BCUT2D eigenvalue weighted by molar-refractivity contribution is 0.0892. The molecule has 24 heavy (non-hydrogen) atoms. The fourth-order valence-corrected chi connectivity index (χ4v) is 3.12. The van der Waals surface area contributed by atoms with Gasteiger partial charge < -0.3 is 11.1 Å². The molecule has 0 bridgehead atoms. The maximum absolute atomic E-state index is 12.7. The van der Waals surface area contributed by atoms with Gasteiger partial charge in [0.2, 0.25) is 0 Å². The number of amides is 1. The van der Waals surface area contributed by atoms with E-state index in [1.165, 1.54) is 0 Å². The van der Waals surface area contributed by atoms with Gasteiger partial charge in [0.1, 0.15) is 5.69 Å². The van der Waals surface area contributed by atoms with Crippen LogP contribution in [0, 0.1) is 19.8 Å². The molecule has 7 heteroatoms. The monoisotopic (exact) mass is 347 g/mol. The SMILES string of the molecule is Cc1cc(C)n(-c2ccc(Cl)c(C(=O)NC(C)(CN)C3CC3)n2)n1. The van der Waals surface area contributed by atoms with Gasteiger partial charge in [-0.05, 0) is 57.7 Å². The van der Waals surface area contributed by atoms with Gasteiger partial charge in [0, 0.05) is 12.2 Å². The van der Waals surface area contributed by atoms with Crippen LogP contribution < -0.4 is 11.1 Å². The third-order valence-electron chi connectivity index (χ3n) is 4.57. The molecule has 1 unspecified atom stereocenters. The van der Waals surface area contributed by atoms with Crippen molar-refractivity contribution >= 4 is 17.5 Å². The number of aryl methyl sites for hydroxylation is 2. The van der Waals surface area contributed by atoms with Crippen LogP contribution in [0.25, 0.3) is 5.82 Å². The van der Waals surface area contributed by atoms with Gasteiger partial charge in [0.05, 0.1) is 16.3 Å². The highest BCUT2D eigenvalue weighted by molar-refractivity contribution is 6.33. The summed E-state index contributed by atoms with van der Waals surface area (Å²) >= 11 is 6.21. The predicted molar refractivity (Wildman–Crippen MR) is 93.5 cm³/mol. The molecule has 1 aliphatic rings. The maximum atomic E-state index is 12.7. The smallest absolute Gasteiger partial charge is 0.271 e. The van der Waals surface area contributed by atoms with Crippen LogP contribution in [-0.4, -0.2) is 32.8 Å². The molecule has 1 atom stereocenters. The molecule has 1 fully saturated rings. The van der Waals surface area contributed by atoms with E-state index in [9.17, 15) is 4.79 Å². The summed E-state index contributed by atoms with van der Waals surface area (Å²) in [6.45, 7) is 6.21. The normalized spacial score (nSPS) is 16.7. The number of nitrogens with one attached hydrogen (secondary N) is 1. The molecule has 128 valence electrons. The quantitative estimate of drug-likeness (QED) is 0.869. The summed E-state index contributed by atoms with van der Waals surface area (Å²) in [6.07, 6.45) is 2.17. The lowest BCUT2D eigenvalue weighted by Gasteiger charge is -2.29. The Morgan fingerprint density at radius 3 is 2.71 bits per heavy atom. The zero-order valence-electron chi connectivity index (χ0n) is 14.1. The first-order valence-electron chi connectivity index (χ1n) is 8.07. The minimum Gasteiger partial charge on any atom is -0.344 e. The summed E-state index contributed by atoms with van der Waals surface area (Å²) in [5.41, 5.74) is 7.48. The number of hydrogen-bond donors (Lipinski definition) is 2. The summed E-state index contributed by atoms with van der Waals surface area (Å²) in [7, 11) is 0. The van der Waals surface area contributed by atoms with E-state index in [4.69, 9.17) is 17.3 Å². The zero-order valence-corrected chi connectivity index (χ0v) is 14.9. The molecule has 3 N–H and O–H groups in total. The van der Waals surface area contributed by atoms with Crippen LogP contribution in [0.4, 0.5) is 0 Å². The molecule has 0 spiro atoms. The van der Waals surface area contributed by atoms with Crippen molar-refractivity contribution in [3.8, 4) is 5.82 Å². The van der Waals surface area contributed by atoms with Crippen LogP contribution in [-0.2, 0) is 0 Å². The lowest BCUT2D eigenvalue weighted by Crippen LogP contribution is -2.53. The number of carbonyl (C=O) groups is 1. The van der Waals surface area contributed by atoms with Crippen LogP contribution in [0.5, 0.6) is 0 Å². The highest BCUT2D eigenvalue weighted by Crippen LogP contribution is 2.39. The first-order chi connectivity index (χ1) is 11.3. The molecule has 6 nitrogen and oxygen atoms in total. The Bertz CT molecular complexity index is 783. The molecule has 1 aliphatic carbocycles. The number of halogens is 1. The molecule has 3 rings (SSSR count). The minimum absolute atomic E-state index is 0.196. The van der Waals surface area contributed by atoms with Crippen molar-refractivity contribution in [3.05, 3.63) is 40.3 Å². The van der Waals surface area contributed by atoms with E-state index in [-0.39, 0.29) is 11.6 Å². The topological polar surface area (TPSA) is 85.8 Å². The largest absolute Gasteiger partial charge is 0.344 e. The van der Waals surface area contributed by atoms with Crippen molar-refractivity contribution in [2.45, 2.75) is 39.2 Å². The Labute approximate surface area is 146 Å². The van der Waals surface area contributed by atoms with E-state index in [1.54, 1.807) is 16.8 Å². The van der Waals surface area contributed by atoms with Crippen molar-refractivity contribution in [2.75, 3.05) is 6.54 Å². The molecule has 2 aromatic rings. The van der Waals surface area contributed by atoms with Crippen molar-refractivity contribution in [1.29, 1.82) is 0 Å². The van der Waals surface area contributed by atoms with Gasteiger partial charge >= 0.3 is 0 Å². The van der Waals surface area contributed by atoms with E-state index >= 15 is 0 Å². The molecule has 1 saturated carbocycles. The van der Waals surface area contributed by atoms with Crippen molar-refractivity contribution < 1.29 is 4.79 Å². The van der Waals surface area contributed by atoms with E-state index in [2.05, 4.69) is 15.4 Å². The van der Waals surface area contributed by atoms with Gasteiger partial charge in [0.25, 0.3) is 5.91 Å². The van der Waals surface area contributed by atoms with Gasteiger partial charge in [-0.3, -0.25) is 4.79 Å². The summed E-state index contributed by atoms with van der Waals surface area (Å²) in [6, 6.07) is 5.38. The molecule has 0 saturated heterocycles. The Hall–Kier alpha value is -1.92. The fraction of sp³-hybridized carbons (Fsp3) is 0.471. The first-order valence-corrected chi connectivity index (χ1v) is 8.44. The average Bonchev–Trinajstić information content (AvgIpc) is 3.33. The Kier molecular flexibility index (Phi) is 4.36. The van der Waals surface area contributed by atoms with Crippen LogP contribution in [0.3, 0.4) is 0 Å². The second kappa shape index (κ2) is 6.18. The summed E-state index contributed by atoms with van der Waals surface area (Å²) in [4.78, 5) is 17.1. The molecule has 2 heterocycles. The summed E-state index contributed by atoms with van der Waals surface area (Å²) in [5, 5.41) is 7.73. The van der Waals surface area contributed by atoms with Crippen LogP contribution in [0.15, 0.2) is 18.2 Å². The van der Waals surface area contributed by atoms with Crippen LogP contribution in [0.1, 0.15) is 41.6 Å². The molecule has 0 aliphatic heterocycles. The molecule has 0 aromatic carbocycles. The van der Waals surface area contributed by atoms with E-state index in [0.29, 0.717) is 23.3 Å². The summed E-state index contributed by atoms with van der Waals surface area (Å²) in [5.74, 6) is 0.684. The van der Waals surface area contributed by atoms with E-state index in [0.717, 1.165) is 24.2 Å². The third-order valence-corrected chi connectivity index (χ3v) is 4.88.